The molecule has 0 spiro atoms. The van der Waals surface area contributed by atoms with Gasteiger partial charge >= 0.3 is 0 Å². The topological polar surface area (TPSA) is 97.2 Å². The molecule has 252 valence electrons. The molecular weight excluding hydrogens is 643 g/mol. The SMILES string of the molecule is C/C(=C\C=C(/N)C1Nc2cc(-c3ccc4oc5cc(C6N=C(c7ccccc7)NC(c7ccccc7)=N6)ccc5c4c3)ccc2O1)c1ccccc1. The smallest absolute Gasteiger partial charge is 0.210 e. The van der Waals surface area contributed by atoms with Gasteiger partial charge in [0.1, 0.15) is 28.6 Å². The molecule has 2 aliphatic rings. The van der Waals surface area contributed by atoms with Gasteiger partial charge in [-0.1, -0.05) is 121 Å². The van der Waals surface area contributed by atoms with E-state index in [9.17, 15) is 0 Å². The van der Waals surface area contributed by atoms with E-state index in [1.165, 1.54) is 0 Å². The molecule has 1 atom stereocenters. The average molecular weight is 678 g/mol. The van der Waals surface area contributed by atoms with Crippen LogP contribution in [0.5, 0.6) is 5.75 Å². The molecule has 7 nitrogen and oxygen atoms in total. The molecule has 0 bridgehead atoms. The van der Waals surface area contributed by atoms with Gasteiger partial charge in [0.05, 0.1) is 11.4 Å². The van der Waals surface area contributed by atoms with E-state index in [1.807, 2.05) is 78.9 Å². The van der Waals surface area contributed by atoms with Crippen molar-refractivity contribution < 1.29 is 9.15 Å². The first-order chi connectivity index (χ1) is 25.6. The number of aliphatic imine (C=N–C) groups is 2. The van der Waals surface area contributed by atoms with Gasteiger partial charge in [0.15, 0.2) is 6.17 Å². The van der Waals surface area contributed by atoms with Crippen molar-refractivity contribution in [3.8, 4) is 16.9 Å². The van der Waals surface area contributed by atoms with Gasteiger partial charge in [0.25, 0.3) is 0 Å². The van der Waals surface area contributed by atoms with Crippen LogP contribution in [0.1, 0.15) is 35.3 Å². The van der Waals surface area contributed by atoms with Crippen molar-refractivity contribution in [2.45, 2.75) is 19.3 Å². The lowest BCUT2D eigenvalue weighted by Crippen LogP contribution is -2.35. The Balaban J connectivity index is 0.992. The highest BCUT2D eigenvalue weighted by atomic mass is 16.5. The summed E-state index contributed by atoms with van der Waals surface area (Å²) >= 11 is 0. The lowest BCUT2D eigenvalue weighted by atomic mass is 10.0. The van der Waals surface area contributed by atoms with Crippen molar-refractivity contribution in [1.29, 1.82) is 0 Å². The first-order valence-electron chi connectivity index (χ1n) is 17.3. The van der Waals surface area contributed by atoms with Gasteiger partial charge in [-0.3, -0.25) is 0 Å². The molecule has 3 heterocycles. The number of hydrogen-bond acceptors (Lipinski definition) is 7. The summed E-state index contributed by atoms with van der Waals surface area (Å²) in [5.74, 6) is 2.33. The summed E-state index contributed by atoms with van der Waals surface area (Å²) in [5, 5.41) is 8.98. The van der Waals surface area contributed by atoms with Gasteiger partial charge in [-0.15, -0.1) is 0 Å². The van der Waals surface area contributed by atoms with Gasteiger partial charge in [0, 0.05) is 27.5 Å². The summed E-state index contributed by atoms with van der Waals surface area (Å²) in [4.78, 5) is 10.1. The van der Waals surface area contributed by atoms with Gasteiger partial charge in [-0.05, 0) is 65.6 Å². The van der Waals surface area contributed by atoms with Crippen LogP contribution in [0.2, 0.25) is 0 Å². The second-order valence-electron chi connectivity index (χ2n) is 13.0. The fourth-order valence-electron chi connectivity index (χ4n) is 6.70. The molecule has 7 aromatic rings. The minimum Gasteiger partial charge on any atom is -0.463 e. The summed E-state index contributed by atoms with van der Waals surface area (Å²) in [6, 6.07) is 49.3. The number of nitrogens with zero attached hydrogens (tertiary/aromatic N) is 2. The van der Waals surface area contributed by atoms with E-state index in [0.29, 0.717) is 5.70 Å². The number of rotatable bonds is 7. The second kappa shape index (κ2) is 13.1. The Hall–Kier alpha value is -6.86. The Morgan fingerprint density at radius 3 is 2.00 bits per heavy atom. The van der Waals surface area contributed by atoms with Gasteiger partial charge in [0.2, 0.25) is 6.23 Å². The van der Waals surface area contributed by atoms with E-state index in [1.54, 1.807) is 0 Å². The van der Waals surface area contributed by atoms with Crippen molar-refractivity contribution in [3.05, 3.63) is 186 Å². The summed E-state index contributed by atoms with van der Waals surface area (Å²) in [6.07, 6.45) is 3.05. The van der Waals surface area contributed by atoms with E-state index >= 15 is 0 Å². The third-order valence-corrected chi connectivity index (χ3v) is 9.53. The quantitative estimate of drug-likeness (QED) is 0.146. The minimum atomic E-state index is -0.444. The van der Waals surface area contributed by atoms with Crippen molar-refractivity contribution in [2.75, 3.05) is 5.32 Å². The number of nitrogens with one attached hydrogen (secondary N) is 2. The molecule has 7 heteroatoms. The van der Waals surface area contributed by atoms with Gasteiger partial charge < -0.3 is 25.5 Å². The highest BCUT2D eigenvalue weighted by Crippen LogP contribution is 2.39. The maximum Gasteiger partial charge on any atom is 0.210 e. The average Bonchev–Trinajstić information content (AvgIpc) is 3.81. The Labute approximate surface area is 301 Å². The zero-order valence-corrected chi connectivity index (χ0v) is 28.5. The van der Waals surface area contributed by atoms with E-state index in [4.69, 9.17) is 24.9 Å². The fourth-order valence-corrected chi connectivity index (χ4v) is 6.70. The Morgan fingerprint density at radius 1 is 0.635 bits per heavy atom. The number of fused-ring (bicyclic) bond motifs is 4. The van der Waals surface area contributed by atoms with Crippen LogP contribution in [-0.2, 0) is 0 Å². The van der Waals surface area contributed by atoms with Crippen LogP contribution in [0.25, 0.3) is 38.6 Å². The third kappa shape index (κ3) is 5.98. The molecule has 0 fully saturated rings. The van der Waals surface area contributed by atoms with Crippen molar-refractivity contribution in [2.24, 2.45) is 15.7 Å². The number of anilines is 1. The van der Waals surface area contributed by atoms with E-state index < -0.39 is 12.4 Å². The lowest BCUT2D eigenvalue weighted by molar-refractivity contribution is 0.288. The van der Waals surface area contributed by atoms with Crippen LogP contribution < -0.4 is 21.1 Å². The third-order valence-electron chi connectivity index (χ3n) is 9.53. The number of nitrogens with two attached hydrogens (primary N) is 1. The van der Waals surface area contributed by atoms with Crippen LogP contribution in [0, 0.1) is 0 Å². The number of amidine groups is 2. The maximum atomic E-state index is 6.46. The number of benzene rings is 6. The molecule has 1 aromatic heterocycles. The van der Waals surface area contributed by atoms with Crippen LogP contribution in [-0.4, -0.2) is 17.9 Å². The van der Waals surface area contributed by atoms with Crippen LogP contribution >= 0.6 is 0 Å². The Bertz CT molecular complexity index is 2510. The standard InChI is InChI=1S/C45H35N5O2/c1-28(29-11-5-2-6-12-29)17-22-37(46)45-47-38-26-33(20-24-40(38)52-45)32-19-23-39-36(25-32)35-21-18-34(27-41(35)51-39)44-49-42(30-13-7-3-8-14-30)48-43(50-44)31-15-9-4-10-16-31/h2-27,44-45,47H,46H2,1H3,(H,48,49,50)/b28-17+,37-22-. The molecule has 0 radical (unpaired) electrons. The first kappa shape index (κ1) is 31.1. The minimum absolute atomic E-state index is 0.433. The summed E-state index contributed by atoms with van der Waals surface area (Å²) in [7, 11) is 0. The van der Waals surface area contributed by atoms with Crippen molar-refractivity contribution >= 4 is 44.9 Å². The molecule has 0 amide bonds. The Kier molecular flexibility index (Phi) is 7.86. The zero-order chi connectivity index (χ0) is 35.0. The van der Waals surface area contributed by atoms with Gasteiger partial charge in [-0.25, -0.2) is 9.98 Å². The second-order valence-corrected chi connectivity index (χ2v) is 13.0. The van der Waals surface area contributed by atoms with Crippen LogP contribution in [0.15, 0.2) is 178 Å². The van der Waals surface area contributed by atoms with E-state index in [-0.39, 0.29) is 0 Å². The molecule has 6 aromatic carbocycles. The maximum absolute atomic E-state index is 6.46. The predicted molar refractivity (Wildman–Crippen MR) is 211 cm³/mol. The number of ether oxygens (including phenoxy) is 1. The molecule has 0 saturated heterocycles. The summed E-state index contributed by atoms with van der Waals surface area (Å²) < 4.78 is 12.6. The summed E-state index contributed by atoms with van der Waals surface area (Å²) in [5.41, 5.74) is 17.0. The first-order valence-corrected chi connectivity index (χ1v) is 17.3. The van der Waals surface area contributed by atoms with E-state index in [2.05, 4.69) is 96.4 Å². The lowest BCUT2D eigenvalue weighted by Gasteiger charge is -2.22. The largest absolute Gasteiger partial charge is 0.463 e. The molecule has 0 saturated carbocycles. The van der Waals surface area contributed by atoms with Crippen molar-refractivity contribution in [1.82, 2.24) is 5.32 Å². The van der Waals surface area contributed by atoms with E-state index in [0.717, 1.165) is 84.0 Å². The molecule has 52 heavy (non-hydrogen) atoms. The predicted octanol–water partition coefficient (Wildman–Crippen LogP) is 9.82. The van der Waals surface area contributed by atoms with Crippen LogP contribution in [0.3, 0.4) is 0 Å². The number of hydrogen-bond donors (Lipinski definition) is 3. The monoisotopic (exact) mass is 677 g/mol. The zero-order valence-electron chi connectivity index (χ0n) is 28.5. The number of allylic oxidation sites excluding steroid dienone is 3. The molecule has 0 aliphatic carbocycles. The molecule has 9 rings (SSSR count). The van der Waals surface area contributed by atoms with Crippen LogP contribution in [0.4, 0.5) is 5.69 Å². The van der Waals surface area contributed by atoms with Gasteiger partial charge in [-0.2, -0.15) is 0 Å². The molecule has 1 unspecified atom stereocenters. The number of furan rings is 1. The highest BCUT2D eigenvalue weighted by Gasteiger charge is 2.25. The highest BCUT2D eigenvalue weighted by molar-refractivity contribution is 6.16. The Morgan fingerprint density at radius 2 is 1.29 bits per heavy atom. The van der Waals surface area contributed by atoms with Crippen molar-refractivity contribution in [3.63, 3.8) is 0 Å². The summed E-state index contributed by atoms with van der Waals surface area (Å²) in [6.45, 7) is 2.07. The molecule has 4 N–H and O–H groups in total. The normalized spacial score (nSPS) is 16.1. The molecule has 2 aliphatic heterocycles. The molecular formula is C45H35N5O2. The fraction of sp³-hybridized carbons (Fsp3) is 0.0667.